The maximum Gasteiger partial charge on any atom is 0.224 e. The highest BCUT2D eigenvalue weighted by atomic mass is 16.1. The van der Waals surface area contributed by atoms with Crippen LogP contribution in [0.2, 0.25) is 0 Å². The van der Waals surface area contributed by atoms with Crippen LogP contribution in [0.3, 0.4) is 0 Å². The largest absolute Gasteiger partial charge is 0.369 e. The van der Waals surface area contributed by atoms with Crippen LogP contribution in [-0.2, 0) is 17.6 Å². The van der Waals surface area contributed by atoms with Crippen LogP contribution >= 0.6 is 0 Å². The molecular weight excluding hydrogens is 376 g/mol. The summed E-state index contributed by atoms with van der Waals surface area (Å²) >= 11 is 0. The Hall–Kier alpha value is -2.28. The van der Waals surface area contributed by atoms with E-state index in [-0.39, 0.29) is 11.8 Å². The molecule has 30 heavy (non-hydrogen) atoms. The lowest BCUT2D eigenvalue weighted by Gasteiger charge is -2.33. The second-order valence-corrected chi connectivity index (χ2v) is 8.49. The smallest absolute Gasteiger partial charge is 0.224 e. The average Bonchev–Trinajstić information content (AvgIpc) is 3.31. The number of likely N-dealkylation sites (tertiary alicyclic amines) is 1. The van der Waals surface area contributed by atoms with Crippen molar-refractivity contribution in [1.29, 1.82) is 0 Å². The third kappa shape index (κ3) is 4.72. The Labute approximate surface area is 179 Å². The highest BCUT2D eigenvalue weighted by Gasteiger charge is 2.26. The zero-order valence-corrected chi connectivity index (χ0v) is 18.4. The summed E-state index contributed by atoms with van der Waals surface area (Å²) in [6.45, 7) is 9.97. The van der Waals surface area contributed by atoms with Crippen molar-refractivity contribution < 1.29 is 4.79 Å². The number of nitrogens with one attached hydrogen (secondary N) is 1. The van der Waals surface area contributed by atoms with Gasteiger partial charge in [-0.05, 0) is 57.7 Å². The van der Waals surface area contributed by atoms with E-state index in [1.165, 1.54) is 25.9 Å². The van der Waals surface area contributed by atoms with Crippen molar-refractivity contribution in [2.24, 2.45) is 5.92 Å². The number of nitrogens with zero attached hydrogens (tertiary/aromatic N) is 5. The first-order valence-corrected chi connectivity index (χ1v) is 11.6. The van der Waals surface area contributed by atoms with Gasteiger partial charge in [-0.1, -0.05) is 13.8 Å². The van der Waals surface area contributed by atoms with E-state index in [4.69, 9.17) is 9.97 Å². The summed E-state index contributed by atoms with van der Waals surface area (Å²) in [5.41, 5.74) is 4.68. The number of pyridine rings is 1. The van der Waals surface area contributed by atoms with Crippen LogP contribution in [-0.4, -0.2) is 65.0 Å². The molecule has 0 spiro atoms. The third-order valence-electron chi connectivity index (χ3n) is 6.42. The molecule has 1 amide bonds. The number of aromatic nitrogens is 3. The first-order valence-electron chi connectivity index (χ1n) is 11.6. The zero-order valence-electron chi connectivity index (χ0n) is 18.4. The standard InChI is InChI=1S/C23H34N6O/c1-3-19-20(4-2)27-22-21(26-19)14-18(15-25-22)29-12-7-8-17(16-29)23(30)24-9-13-28-10-5-6-11-28/h14-15,17H,3-13,16H2,1-2H3,(H,24,30)/t17-/m0/s1. The first kappa shape index (κ1) is 21.0. The van der Waals surface area contributed by atoms with Crippen LogP contribution in [0.25, 0.3) is 11.2 Å². The number of aryl methyl sites for hydroxylation is 2. The first-order chi connectivity index (χ1) is 14.7. The van der Waals surface area contributed by atoms with Gasteiger partial charge in [0.05, 0.1) is 29.2 Å². The SMILES string of the molecule is CCc1nc2cc(N3CCC[C@H](C(=O)NCCN4CCCC4)C3)cnc2nc1CC. The fourth-order valence-corrected chi connectivity index (χ4v) is 4.66. The van der Waals surface area contributed by atoms with E-state index in [0.717, 1.165) is 74.5 Å². The number of rotatable bonds is 7. The van der Waals surface area contributed by atoms with Gasteiger partial charge in [0.25, 0.3) is 0 Å². The minimum Gasteiger partial charge on any atom is -0.369 e. The Balaban J connectivity index is 1.40. The minimum atomic E-state index is 0.0350. The Morgan fingerprint density at radius 1 is 1.10 bits per heavy atom. The number of piperidine rings is 1. The lowest BCUT2D eigenvalue weighted by molar-refractivity contribution is -0.125. The molecule has 0 aromatic carbocycles. The van der Waals surface area contributed by atoms with Crippen LogP contribution in [0, 0.1) is 5.92 Å². The van der Waals surface area contributed by atoms with Gasteiger partial charge in [0.15, 0.2) is 5.65 Å². The zero-order chi connectivity index (χ0) is 20.9. The van der Waals surface area contributed by atoms with E-state index < -0.39 is 0 Å². The molecule has 0 aliphatic carbocycles. The van der Waals surface area contributed by atoms with Crippen molar-refractivity contribution >= 4 is 22.8 Å². The summed E-state index contributed by atoms with van der Waals surface area (Å²) < 4.78 is 0. The van der Waals surface area contributed by atoms with E-state index in [9.17, 15) is 4.79 Å². The van der Waals surface area contributed by atoms with E-state index in [2.05, 4.69) is 40.0 Å². The molecule has 0 bridgehead atoms. The summed E-state index contributed by atoms with van der Waals surface area (Å²) in [4.78, 5) is 31.5. The van der Waals surface area contributed by atoms with Gasteiger partial charge >= 0.3 is 0 Å². The molecule has 0 radical (unpaired) electrons. The lowest BCUT2D eigenvalue weighted by atomic mass is 9.96. The van der Waals surface area contributed by atoms with Gasteiger partial charge in [0, 0.05) is 26.2 Å². The predicted octanol–water partition coefficient (Wildman–Crippen LogP) is 2.58. The van der Waals surface area contributed by atoms with Gasteiger partial charge in [-0.2, -0.15) is 0 Å². The number of hydrogen-bond donors (Lipinski definition) is 1. The fourth-order valence-electron chi connectivity index (χ4n) is 4.66. The molecule has 2 aromatic rings. The third-order valence-corrected chi connectivity index (χ3v) is 6.42. The quantitative estimate of drug-likeness (QED) is 0.756. The molecule has 7 heteroatoms. The molecule has 4 heterocycles. The summed E-state index contributed by atoms with van der Waals surface area (Å²) in [7, 11) is 0. The maximum atomic E-state index is 12.7. The van der Waals surface area contributed by atoms with Gasteiger partial charge in [-0.25, -0.2) is 15.0 Å². The minimum absolute atomic E-state index is 0.0350. The monoisotopic (exact) mass is 410 g/mol. The van der Waals surface area contributed by atoms with Gasteiger partial charge in [-0.15, -0.1) is 0 Å². The van der Waals surface area contributed by atoms with Crippen molar-refractivity contribution in [3.8, 4) is 0 Å². The van der Waals surface area contributed by atoms with Gasteiger partial charge in [0.1, 0.15) is 5.52 Å². The molecule has 2 aromatic heterocycles. The number of anilines is 1. The second-order valence-electron chi connectivity index (χ2n) is 8.49. The molecule has 7 nitrogen and oxygen atoms in total. The molecule has 0 saturated carbocycles. The lowest BCUT2D eigenvalue weighted by Crippen LogP contribution is -2.44. The molecule has 1 atom stereocenters. The van der Waals surface area contributed by atoms with Crippen molar-refractivity contribution in [3.63, 3.8) is 0 Å². The van der Waals surface area contributed by atoms with Crippen LogP contribution in [0.15, 0.2) is 12.3 Å². The van der Waals surface area contributed by atoms with Gasteiger partial charge in [-0.3, -0.25) is 4.79 Å². The molecule has 0 unspecified atom stereocenters. The van der Waals surface area contributed by atoms with Crippen molar-refractivity contribution in [3.05, 3.63) is 23.7 Å². The molecule has 2 aliphatic rings. The van der Waals surface area contributed by atoms with Crippen molar-refractivity contribution in [1.82, 2.24) is 25.2 Å². The number of carbonyl (C=O) groups excluding carboxylic acids is 1. The molecular formula is C23H34N6O. The fraction of sp³-hybridized carbons (Fsp3) is 0.652. The Bertz CT molecular complexity index is 879. The topological polar surface area (TPSA) is 74.2 Å². The number of hydrogen-bond acceptors (Lipinski definition) is 6. The second kappa shape index (κ2) is 9.69. The molecule has 2 fully saturated rings. The number of amides is 1. The summed E-state index contributed by atoms with van der Waals surface area (Å²) in [6.07, 6.45) is 8.17. The predicted molar refractivity (Wildman–Crippen MR) is 120 cm³/mol. The number of carbonyl (C=O) groups is 1. The highest BCUT2D eigenvalue weighted by molar-refractivity contribution is 5.80. The van der Waals surface area contributed by atoms with E-state index in [1.807, 2.05) is 6.20 Å². The van der Waals surface area contributed by atoms with E-state index >= 15 is 0 Å². The van der Waals surface area contributed by atoms with Crippen LogP contribution < -0.4 is 10.2 Å². The molecule has 1 N–H and O–H groups in total. The van der Waals surface area contributed by atoms with Crippen molar-refractivity contribution in [2.45, 2.75) is 52.4 Å². The summed E-state index contributed by atoms with van der Waals surface area (Å²) in [5, 5.41) is 3.16. The van der Waals surface area contributed by atoms with Crippen LogP contribution in [0.5, 0.6) is 0 Å². The average molecular weight is 411 g/mol. The molecule has 4 rings (SSSR count). The maximum absolute atomic E-state index is 12.7. The van der Waals surface area contributed by atoms with E-state index in [1.54, 1.807) is 0 Å². The van der Waals surface area contributed by atoms with Gasteiger partial charge < -0.3 is 15.1 Å². The van der Waals surface area contributed by atoms with Crippen LogP contribution in [0.4, 0.5) is 5.69 Å². The Morgan fingerprint density at radius 2 is 1.87 bits per heavy atom. The Morgan fingerprint density at radius 3 is 2.63 bits per heavy atom. The molecule has 2 saturated heterocycles. The van der Waals surface area contributed by atoms with Crippen molar-refractivity contribution in [2.75, 3.05) is 44.2 Å². The summed E-state index contributed by atoms with van der Waals surface area (Å²) in [5.74, 6) is 0.223. The molecule has 162 valence electrons. The summed E-state index contributed by atoms with van der Waals surface area (Å²) in [6, 6.07) is 2.08. The highest BCUT2D eigenvalue weighted by Crippen LogP contribution is 2.25. The molecule has 2 aliphatic heterocycles. The normalized spacial score (nSPS) is 20.1. The van der Waals surface area contributed by atoms with Crippen LogP contribution in [0.1, 0.15) is 50.9 Å². The Kier molecular flexibility index (Phi) is 6.77. The van der Waals surface area contributed by atoms with Gasteiger partial charge in [0.2, 0.25) is 5.91 Å². The van der Waals surface area contributed by atoms with E-state index in [0.29, 0.717) is 5.65 Å². The number of fused-ring (bicyclic) bond motifs is 1.